The number of hydrogen-bond acceptors (Lipinski definition) is 5. The summed E-state index contributed by atoms with van der Waals surface area (Å²) >= 11 is 1.41. The van der Waals surface area contributed by atoms with Gasteiger partial charge in [-0.2, -0.15) is 0 Å². The van der Waals surface area contributed by atoms with E-state index in [9.17, 15) is 9.59 Å². The molecule has 2 amide bonds. The van der Waals surface area contributed by atoms with Gasteiger partial charge in [0.15, 0.2) is 5.37 Å². The number of rotatable bonds is 0. The van der Waals surface area contributed by atoms with Crippen molar-refractivity contribution in [3.8, 4) is 0 Å². The SMILES string of the molecule is N.O=C1CN2SC2C(=O)N1. The summed E-state index contributed by atoms with van der Waals surface area (Å²) in [6.07, 6.45) is 0. The minimum Gasteiger partial charge on any atom is -0.344 e. The molecule has 2 saturated heterocycles. The van der Waals surface area contributed by atoms with E-state index in [1.807, 2.05) is 0 Å². The molecule has 2 fully saturated rings. The zero-order chi connectivity index (χ0) is 6.43. The van der Waals surface area contributed by atoms with Gasteiger partial charge in [0.25, 0.3) is 5.91 Å². The molecule has 0 aromatic heterocycles. The van der Waals surface area contributed by atoms with Gasteiger partial charge in [-0.05, 0) is 11.9 Å². The Morgan fingerprint density at radius 3 is 2.90 bits per heavy atom. The number of piperazine rings is 1. The lowest BCUT2D eigenvalue weighted by molar-refractivity contribution is -0.133. The molecule has 2 atom stereocenters. The van der Waals surface area contributed by atoms with Crippen molar-refractivity contribution >= 4 is 23.8 Å². The Morgan fingerprint density at radius 2 is 2.30 bits per heavy atom. The highest BCUT2D eigenvalue weighted by molar-refractivity contribution is 8.04. The maximum atomic E-state index is 10.7. The quantitative estimate of drug-likeness (QED) is 0.273. The highest BCUT2D eigenvalue weighted by Gasteiger charge is 2.47. The van der Waals surface area contributed by atoms with Gasteiger partial charge in [0, 0.05) is 0 Å². The minimum absolute atomic E-state index is 0. The van der Waals surface area contributed by atoms with Crippen molar-refractivity contribution in [2.75, 3.05) is 6.54 Å². The van der Waals surface area contributed by atoms with Crippen LogP contribution in [-0.4, -0.2) is 28.0 Å². The number of nitrogens with one attached hydrogen (secondary N) is 1. The maximum absolute atomic E-state index is 10.7. The third-order valence-electron chi connectivity index (χ3n) is 1.24. The highest BCUT2D eigenvalue weighted by Crippen LogP contribution is 2.40. The Hall–Kier alpha value is -0.590. The second kappa shape index (κ2) is 2.22. The summed E-state index contributed by atoms with van der Waals surface area (Å²) in [6.45, 7) is 0.362. The lowest BCUT2D eigenvalue weighted by Crippen LogP contribution is -2.43. The van der Waals surface area contributed by atoms with E-state index in [-0.39, 0.29) is 23.3 Å². The summed E-state index contributed by atoms with van der Waals surface area (Å²) in [6, 6.07) is 0. The Bertz CT molecular complexity index is 195. The summed E-state index contributed by atoms with van der Waals surface area (Å²) in [7, 11) is 0. The van der Waals surface area contributed by atoms with Gasteiger partial charge in [-0.1, -0.05) is 0 Å². The van der Waals surface area contributed by atoms with E-state index in [4.69, 9.17) is 0 Å². The molecule has 0 aromatic rings. The third kappa shape index (κ3) is 1.00. The van der Waals surface area contributed by atoms with Crippen LogP contribution < -0.4 is 11.5 Å². The van der Waals surface area contributed by atoms with Gasteiger partial charge in [-0.25, -0.2) is 4.31 Å². The van der Waals surface area contributed by atoms with E-state index < -0.39 is 0 Å². The van der Waals surface area contributed by atoms with Crippen LogP contribution >= 0.6 is 11.9 Å². The summed E-state index contributed by atoms with van der Waals surface area (Å²) < 4.78 is 1.75. The molecule has 0 aliphatic carbocycles. The van der Waals surface area contributed by atoms with Crippen molar-refractivity contribution in [2.24, 2.45) is 0 Å². The third-order valence-corrected chi connectivity index (χ3v) is 2.30. The largest absolute Gasteiger partial charge is 0.344 e. The molecule has 4 N–H and O–H groups in total. The molecule has 56 valence electrons. The maximum Gasteiger partial charge on any atom is 0.256 e. The second-order valence-electron chi connectivity index (χ2n) is 1.95. The Morgan fingerprint density at radius 1 is 1.60 bits per heavy atom. The summed E-state index contributed by atoms with van der Waals surface area (Å²) in [4.78, 5) is 21.2. The number of carbonyl (C=O) groups is 2. The fourth-order valence-corrected chi connectivity index (χ4v) is 1.50. The predicted octanol–water partition coefficient (Wildman–Crippen LogP) is -0.905. The summed E-state index contributed by atoms with van der Waals surface area (Å²) in [5.74, 6) is -0.363. The van der Waals surface area contributed by atoms with Crippen LogP contribution in [0.2, 0.25) is 0 Å². The van der Waals surface area contributed by atoms with Crippen molar-refractivity contribution in [3.05, 3.63) is 0 Å². The molecule has 2 aliphatic rings. The number of fused-ring (bicyclic) bond motifs is 1. The van der Waals surface area contributed by atoms with Crippen molar-refractivity contribution in [3.63, 3.8) is 0 Å². The van der Waals surface area contributed by atoms with Gasteiger partial charge >= 0.3 is 0 Å². The van der Waals surface area contributed by atoms with E-state index in [0.717, 1.165) is 0 Å². The Labute approximate surface area is 61.8 Å². The van der Waals surface area contributed by atoms with E-state index in [0.29, 0.717) is 6.54 Å². The molecule has 2 rings (SSSR count). The molecule has 5 nitrogen and oxygen atoms in total. The van der Waals surface area contributed by atoms with Crippen molar-refractivity contribution < 1.29 is 9.59 Å². The monoisotopic (exact) mass is 161 g/mol. The molecule has 0 aromatic carbocycles. The first-order chi connectivity index (χ1) is 4.27. The van der Waals surface area contributed by atoms with Crippen LogP contribution in [0.4, 0.5) is 0 Å². The van der Waals surface area contributed by atoms with Crippen molar-refractivity contribution in [2.45, 2.75) is 5.37 Å². The molecule has 10 heavy (non-hydrogen) atoms. The van der Waals surface area contributed by atoms with Crippen LogP contribution in [0.5, 0.6) is 0 Å². The zero-order valence-corrected chi connectivity index (χ0v) is 5.98. The van der Waals surface area contributed by atoms with Crippen LogP contribution in [0.15, 0.2) is 0 Å². The first kappa shape index (κ1) is 7.52. The molecular weight excluding hydrogens is 154 g/mol. The minimum atomic E-state index is -0.193. The molecular formula is C4H7N3O2S. The first-order valence-corrected chi connectivity index (χ1v) is 3.38. The van der Waals surface area contributed by atoms with E-state index in [1.165, 1.54) is 11.9 Å². The topological polar surface area (TPSA) is 84.2 Å². The summed E-state index contributed by atoms with van der Waals surface area (Å²) in [5.41, 5.74) is 0. The Kier molecular flexibility index (Phi) is 1.67. The number of imide groups is 1. The van der Waals surface area contributed by atoms with Crippen LogP contribution in [0.3, 0.4) is 0 Å². The number of nitrogens with zero attached hydrogens (tertiary/aromatic N) is 1. The van der Waals surface area contributed by atoms with Crippen LogP contribution in [0.1, 0.15) is 0 Å². The average molecular weight is 161 g/mol. The lowest BCUT2D eigenvalue weighted by atomic mass is 10.4. The fraction of sp³-hybridized carbons (Fsp3) is 0.500. The normalized spacial score (nSPS) is 35.6. The highest BCUT2D eigenvalue weighted by atomic mass is 32.2. The van der Waals surface area contributed by atoms with Crippen molar-refractivity contribution in [1.82, 2.24) is 15.8 Å². The first-order valence-electron chi connectivity index (χ1n) is 2.54. The number of hydrogen-bond donors (Lipinski definition) is 2. The fourth-order valence-electron chi connectivity index (χ4n) is 0.780. The smallest absolute Gasteiger partial charge is 0.256 e. The lowest BCUT2D eigenvalue weighted by Gasteiger charge is -2.06. The molecule has 0 radical (unpaired) electrons. The van der Waals surface area contributed by atoms with Gasteiger partial charge in [0.05, 0.1) is 6.54 Å². The molecule has 0 spiro atoms. The van der Waals surface area contributed by atoms with Crippen LogP contribution in [0, 0.1) is 0 Å². The molecule has 2 heterocycles. The van der Waals surface area contributed by atoms with Gasteiger partial charge in [0.1, 0.15) is 0 Å². The van der Waals surface area contributed by atoms with Gasteiger partial charge in [0.2, 0.25) is 5.91 Å². The van der Waals surface area contributed by atoms with Gasteiger partial charge in [-0.3, -0.25) is 14.9 Å². The molecule has 0 bridgehead atoms. The average Bonchev–Trinajstić information content (AvgIpc) is 2.43. The van der Waals surface area contributed by atoms with E-state index in [2.05, 4.69) is 5.32 Å². The van der Waals surface area contributed by atoms with Gasteiger partial charge < -0.3 is 6.15 Å². The van der Waals surface area contributed by atoms with Crippen LogP contribution in [-0.2, 0) is 9.59 Å². The number of carbonyl (C=O) groups excluding carboxylic acids is 2. The predicted molar refractivity (Wildman–Crippen MR) is 36.3 cm³/mol. The molecule has 0 saturated carbocycles. The Balaban J connectivity index is 0.000000500. The molecule has 6 heteroatoms. The standard InChI is InChI=1S/C4H4N2O2S.H3N/c7-2-1-6-4(9-6)3(8)5-2;/h4H,1H2,(H,5,7,8);1H3. The van der Waals surface area contributed by atoms with E-state index in [1.54, 1.807) is 4.31 Å². The molecule has 2 aliphatic heterocycles. The van der Waals surface area contributed by atoms with Crippen molar-refractivity contribution in [1.29, 1.82) is 0 Å². The molecule has 2 unspecified atom stereocenters. The number of amides is 2. The zero-order valence-electron chi connectivity index (χ0n) is 5.16. The van der Waals surface area contributed by atoms with Gasteiger partial charge in [-0.15, -0.1) is 0 Å². The summed E-state index contributed by atoms with van der Waals surface area (Å²) in [5, 5.41) is 2.16. The second-order valence-corrected chi connectivity index (χ2v) is 3.07. The van der Waals surface area contributed by atoms with E-state index >= 15 is 0 Å². The van der Waals surface area contributed by atoms with Crippen LogP contribution in [0.25, 0.3) is 0 Å².